The molecule has 1 aromatic heterocycles. The van der Waals surface area contributed by atoms with Crippen LogP contribution in [-0.2, 0) is 19.0 Å². The van der Waals surface area contributed by atoms with E-state index in [1.165, 1.54) is 12.1 Å². The Bertz CT molecular complexity index is 515. The first kappa shape index (κ1) is 14.7. The SMILES string of the molecule is OC(CCc1ccco1)Cc1ccc(C(F)(F)F)cc1. The summed E-state index contributed by atoms with van der Waals surface area (Å²) in [4.78, 5) is 0. The molecule has 2 rings (SSSR count). The fourth-order valence-corrected chi connectivity index (χ4v) is 1.97. The maximum absolute atomic E-state index is 12.4. The second kappa shape index (κ2) is 6.13. The number of aryl methyl sites for hydroxylation is 1. The molecule has 2 aromatic rings. The second-order valence-corrected chi connectivity index (χ2v) is 4.67. The molecule has 5 heteroatoms. The van der Waals surface area contributed by atoms with Crippen molar-refractivity contribution in [3.05, 3.63) is 59.5 Å². The highest BCUT2D eigenvalue weighted by atomic mass is 19.4. The zero-order chi connectivity index (χ0) is 14.6. The molecule has 20 heavy (non-hydrogen) atoms. The summed E-state index contributed by atoms with van der Waals surface area (Å²) in [5.41, 5.74) is 0.0104. The molecule has 2 nitrogen and oxygen atoms in total. The molecule has 0 aliphatic rings. The monoisotopic (exact) mass is 284 g/mol. The van der Waals surface area contributed by atoms with Crippen molar-refractivity contribution in [1.82, 2.24) is 0 Å². The molecule has 1 heterocycles. The molecule has 1 N–H and O–H groups in total. The van der Waals surface area contributed by atoms with Crippen LogP contribution in [0.4, 0.5) is 13.2 Å². The fraction of sp³-hybridized carbons (Fsp3) is 0.333. The highest BCUT2D eigenvalue weighted by Crippen LogP contribution is 2.29. The molecule has 1 unspecified atom stereocenters. The van der Waals surface area contributed by atoms with Crippen molar-refractivity contribution in [3.63, 3.8) is 0 Å². The Morgan fingerprint density at radius 2 is 1.80 bits per heavy atom. The van der Waals surface area contributed by atoms with E-state index < -0.39 is 17.8 Å². The van der Waals surface area contributed by atoms with Crippen LogP contribution in [0.1, 0.15) is 23.3 Å². The first-order valence-electron chi connectivity index (χ1n) is 6.32. The van der Waals surface area contributed by atoms with Gasteiger partial charge in [-0.1, -0.05) is 12.1 Å². The van der Waals surface area contributed by atoms with Crippen LogP contribution in [-0.4, -0.2) is 11.2 Å². The molecule has 0 aliphatic heterocycles. The number of alkyl halides is 3. The molecule has 108 valence electrons. The van der Waals surface area contributed by atoms with Crippen LogP contribution in [0.25, 0.3) is 0 Å². The zero-order valence-electron chi connectivity index (χ0n) is 10.7. The lowest BCUT2D eigenvalue weighted by atomic mass is 10.0. The number of hydrogen-bond acceptors (Lipinski definition) is 2. The van der Waals surface area contributed by atoms with Crippen LogP contribution in [0, 0.1) is 0 Å². The summed E-state index contributed by atoms with van der Waals surface area (Å²) in [6.07, 6.45) is -1.91. The molecule has 1 atom stereocenters. The third-order valence-corrected chi connectivity index (χ3v) is 3.06. The van der Waals surface area contributed by atoms with E-state index in [0.29, 0.717) is 24.8 Å². The van der Waals surface area contributed by atoms with E-state index in [2.05, 4.69) is 0 Å². The van der Waals surface area contributed by atoms with Gasteiger partial charge in [-0.25, -0.2) is 0 Å². The largest absolute Gasteiger partial charge is 0.469 e. The number of furan rings is 1. The average molecular weight is 284 g/mol. The molecule has 0 aliphatic carbocycles. The normalized spacial score (nSPS) is 13.4. The minimum Gasteiger partial charge on any atom is -0.469 e. The predicted molar refractivity (Wildman–Crippen MR) is 68.2 cm³/mol. The second-order valence-electron chi connectivity index (χ2n) is 4.67. The minimum atomic E-state index is -4.32. The van der Waals surface area contributed by atoms with Crippen molar-refractivity contribution in [2.75, 3.05) is 0 Å². The van der Waals surface area contributed by atoms with Crippen molar-refractivity contribution in [1.29, 1.82) is 0 Å². The quantitative estimate of drug-likeness (QED) is 0.905. The Morgan fingerprint density at radius 3 is 2.35 bits per heavy atom. The predicted octanol–water partition coefficient (Wildman–Crippen LogP) is 3.83. The van der Waals surface area contributed by atoms with E-state index in [1.807, 2.05) is 6.07 Å². The van der Waals surface area contributed by atoms with Crippen LogP contribution in [0.3, 0.4) is 0 Å². The number of rotatable bonds is 5. The molecule has 0 saturated carbocycles. The average Bonchev–Trinajstić information content (AvgIpc) is 2.89. The highest BCUT2D eigenvalue weighted by molar-refractivity contribution is 5.25. The zero-order valence-corrected chi connectivity index (χ0v) is 10.7. The molecule has 1 aromatic carbocycles. The van der Waals surface area contributed by atoms with Gasteiger partial charge in [-0.15, -0.1) is 0 Å². The van der Waals surface area contributed by atoms with Crippen LogP contribution in [0.15, 0.2) is 47.1 Å². The molecule has 0 radical (unpaired) electrons. The van der Waals surface area contributed by atoms with Gasteiger partial charge in [-0.3, -0.25) is 0 Å². The summed E-state index contributed by atoms with van der Waals surface area (Å²) >= 11 is 0. The topological polar surface area (TPSA) is 33.4 Å². The summed E-state index contributed by atoms with van der Waals surface area (Å²) in [6.45, 7) is 0. The van der Waals surface area contributed by atoms with E-state index in [1.54, 1.807) is 12.3 Å². The van der Waals surface area contributed by atoms with Crippen molar-refractivity contribution in [2.45, 2.75) is 31.5 Å². The third kappa shape index (κ3) is 4.13. The standard InChI is InChI=1S/C15H15F3O2/c16-15(17,18)12-5-3-11(4-6-12)10-13(19)7-8-14-2-1-9-20-14/h1-6,9,13,19H,7-8,10H2. The molecule has 0 fully saturated rings. The number of aliphatic hydroxyl groups is 1. The first-order chi connectivity index (χ1) is 9.45. The molecule has 0 spiro atoms. The van der Waals surface area contributed by atoms with Crippen molar-refractivity contribution >= 4 is 0 Å². The van der Waals surface area contributed by atoms with Gasteiger partial charge in [0.2, 0.25) is 0 Å². The number of halogens is 3. The van der Waals surface area contributed by atoms with Gasteiger partial charge in [0, 0.05) is 6.42 Å². The number of benzene rings is 1. The van der Waals surface area contributed by atoms with Crippen LogP contribution in [0.5, 0.6) is 0 Å². The smallest absolute Gasteiger partial charge is 0.416 e. The van der Waals surface area contributed by atoms with E-state index in [0.717, 1.165) is 17.9 Å². The van der Waals surface area contributed by atoms with E-state index >= 15 is 0 Å². The van der Waals surface area contributed by atoms with E-state index in [9.17, 15) is 18.3 Å². The molecule has 0 amide bonds. The van der Waals surface area contributed by atoms with Crippen molar-refractivity contribution in [2.24, 2.45) is 0 Å². The Balaban J connectivity index is 1.86. The van der Waals surface area contributed by atoms with Gasteiger partial charge in [0.25, 0.3) is 0 Å². The summed E-state index contributed by atoms with van der Waals surface area (Å²) in [5.74, 6) is 0.788. The Hall–Kier alpha value is -1.75. The van der Waals surface area contributed by atoms with E-state index in [-0.39, 0.29) is 0 Å². The maximum Gasteiger partial charge on any atom is 0.416 e. The maximum atomic E-state index is 12.4. The first-order valence-corrected chi connectivity index (χ1v) is 6.32. The number of aliphatic hydroxyl groups excluding tert-OH is 1. The van der Waals surface area contributed by atoms with Gasteiger partial charge in [-0.05, 0) is 42.7 Å². The molecular weight excluding hydrogens is 269 g/mol. The lowest BCUT2D eigenvalue weighted by Gasteiger charge is -2.11. The van der Waals surface area contributed by atoms with Gasteiger partial charge in [0.1, 0.15) is 5.76 Å². The lowest BCUT2D eigenvalue weighted by Crippen LogP contribution is -2.12. The van der Waals surface area contributed by atoms with Crippen LogP contribution < -0.4 is 0 Å². The third-order valence-electron chi connectivity index (χ3n) is 3.06. The summed E-state index contributed by atoms with van der Waals surface area (Å²) < 4.78 is 42.4. The Labute approximate surface area is 114 Å². The lowest BCUT2D eigenvalue weighted by molar-refractivity contribution is -0.137. The van der Waals surface area contributed by atoms with Gasteiger partial charge >= 0.3 is 6.18 Å². The molecular formula is C15H15F3O2. The fourth-order valence-electron chi connectivity index (χ4n) is 1.97. The number of hydrogen-bond donors (Lipinski definition) is 1. The Kier molecular flexibility index (Phi) is 4.49. The minimum absolute atomic E-state index is 0.332. The molecule has 0 bridgehead atoms. The molecule has 0 saturated heterocycles. The van der Waals surface area contributed by atoms with Crippen LogP contribution >= 0.6 is 0 Å². The van der Waals surface area contributed by atoms with E-state index in [4.69, 9.17) is 4.42 Å². The van der Waals surface area contributed by atoms with Gasteiger partial charge in [0.05, 0.1) is 17.9 Å². The Morgan fingerprint density at radius 1 is 1.10 bits per heavy atom. The van der Waals surface area contributed by atoms with Crippen molar-refractivity contribution in [3.8, 4) is 0 Å². The summed E-state index contributed by atoms with van der Waals surface area (Å²) in [5, 5.41) is 9.87. The van der Waals surface area contributed by atoms with Gasteiger partial charge < -0.3 is 9.52 Å². The summed E-state index contributed by atoms with van der Waals surface area (Å²) in [7, 11) is 0. The summed E-state index contributed by atoms with van der Waals surface area (Å²) in [6, 6.07) is 8.48. The van der Waals surface area contributed by atoms with Gasteiger partial charge in [-0.2, -0.15) is 13.2 Å². The van der Waals surface area contributed by atoms with Crippen molar-refractivity contribution < 1.29 is 22.7 Å². The van der Waals surface area contributed by atoms with Crippen LogP contribution in [0.2, 0.25) is 0 Å². The highest BCUT2D eigenvalue weighted by Gasteiger charge is 2.29. The van der Waals surface area contributed by atoms with Gasteiger partial charge in [0.15, 0.2) is 0 Å².